The molecule has 2 heterocycles. The summed E-state index contributed by atoms with van der Waals surface area (Å²) in [6.07, 6.45) is 4.21. The van der Waals surface area contributed by atoms with E-state index in [2.05, 4.69) is 5.32 Å². The Kier molecular flexibility index (Phi) is 5.27. The maximum Gasteiger partial charge on any atom is 0.410 e. The molecule has 0 saturated carbocycles. The number of nitrogens with zero attached hydrogens (tertiary/aromatic N) is 1. The van der Waals surface area contributed by atoms with Crippen molar-refractivity contribution in [3.05, 3.63) is 0 Å². The van der Waals surface area contributed by atoms with E-state index < -0.39 is 5.60 Å². The molecule has 2 unspecified atom stereocenters. The fourth-order valence-electron chi connectivity index (χ4n) is 2.77. The zero-order valence-electron chi connectivity index (χ0n) is 13.0. The molecular formula is C15H28N2O3. The topological polar surface area (TPSA) is 50.8 Å². The summed E-state index contributed by atoms with van der Waals surface area (Å²) in [5.41, 5.74) is -0.425. The molecule has 5 nitrogen and oxygen atoms in total. The van der Waals surface area contributed by atoms with Crippen LogP contribution in [0.1, 0.15) is 46.5 Å². The quantitative estimate of drug-likeness (QED) is 0.863. The van der Waals surface area contributed by atoms with Crippen molar-refractivity contribution in [2.24, 2.45) is 0 Å². The summed E-state index contributed by atoms with van der Waals surface area (Å²) >= 11 is 0. The SMILES string of the molecule is CC(C)(C)OC(=O)N1CCCCC1CNC1CCOC1. The van der Waals surface area contributed by atoms with E-state index in [0.29, 0.717) is 6.04 Å². The van der Waals surface area contributed by atoms with Gasteiger partial charge in [-0.1, -0.05) is 0 Å². The van der Waals surface area contributed by atoms with Crippen molar-refractivity contribution >= 4 is 6.09 Å². The van der Waals surface area contributed by atoms with E-state index in [4.69, 9.17) is 9.47 Å². The minimum Gasteiger partial charge on any atom is -0.444 e. The lowest BCUT2D eigenvalue weighted by molar-refractivity contribution is 0.00963. The lowest BCUT2D eigenvalue weighted by Gasteiger charge is -2.37. The average molecular weight is 284 g/mol. The van der Waals surface area contributed by atoms with Gasteiger partial charge in [-0.15, -0.1) is 0 Å². The first-order valence-electron chi connectivity index (χ1n) is 7.76. The molecule has 2 aliphatic rings. The number of amides is 1. The second kappa shape index (κ2) is 6.76. The maximum absolute atomic E-state index is 12.3. The zero-order valence-corrected chi connectivity index (χ0v) is 13.0. The molecule has 0 bridgehead atoms. The van der Waals surface area contributed by atoms with Crippen LogP contribution in [0.25, 0.3) is 0 Å². The van der Waals surface area contributed by atoms with E-state index in [1.54, 1.807) is 0 Å². The Hall–Kier alpha value is -0.810. The predicted octanol–water partition coefficient (Wildman–Crippen LogP) is 2.15. The summed E-state index contributed by atoms with van der Waals surface area (Å²) < 4.78 is 10.9. The zero-order chi connectivity index (χ0) is 14.6. The van der Waals surface area contributed by atoms with Crippen molar-refractivity contribution in [2.75, 3.05) is 26.3 Å². The molecule has 2 rings (SSSR count). The van der Waals surface area contributed by atoms with E-state index in [9.17, 15) is 4.79 Å². The van der Waals surface area contributed by atoms with Crippen LogP contribution in [0.3, 0.4) is 0 Å². The molecule has 0 aliphatic carbocycles. The monoisotopic (exact) mass is 284 g/mol. The highest BCUT2D eigenvalue weighted by atomic mass is 16.6. The van der Waals surface area contributed by atoms with Gasteiger partial charge in [0, 0.05) is 31.8 Å². The van der Waals surface area contributed by atoms with Crippen molar-refractivity contribution in [3.8, 4) is 0 Å². The standard InChI is InChI=1S/C15H28N2O3/c1-15(2,3)20-14(18)17-8-5-4-6-13(17)10-16-12-7-9-19-11-12/h12-13,16H,4-11H2,1-3H3. The van der Waals surface area contributed by atoms with Crippen LogP contribution in [-0.2, 0) is 9.47 Å². The highest BCUT2D eigenvalue weighted by Gasteiger charge is 2.30. The van der Waals surface area contributed by atoms with Crippen molar-refractivity contribution in [1.29, 1.82) is 0 Å². The van der Waals surface area contributed by atoms with Crippen molar-refractivity contribution in [1.82, 2.24) is 10.2 Å². The number of likely N-dealkylation sites (tertiary alicyclic amines) is 1. The highest BCUT2D eigenvalue weighted by molar-refractivity contribution is 5.68. The molecule has 1 amide bonds. The van der Waals surface area contributed by atoms with Gasteiger partial charge < -0.3 is 19.7 Å². The number of carbonyl (C=O) groups excluding carboxylic acids is 1. The van der Waals surface area contributed by atoms with Crippen LogP contribution in [0.2, 0.25) is 0 Å². The first-order chi connectivity index (χ1) is 9.46. The predicted molar refractivity (Wildman–Crippen MR) is 77.8 cm³/mol. The third-order valence-electron chi connectivity index (χ3n) is 3.83. The van der Waals surface area contributed by atoms with Gasteiger partial charge in [0.15, 0.2) is 0 Å². The molecule has 0 aromatic heterocycles. The van der Waals surface area contributed by atoms with Crippen LogP contribution in [0.5, 0.6) is 0 Å². The van der Waals surface area contributed by atoms with Gasteiger partial charge in [-0.2, -0.15) is 0 Å². The Balaban J connectivity index is 1.85. The second-order valence-electron chi connectivity index (χ2n) is 6.79. The maximum atomic E-state index is 12.3. The van der Waals surface area contributed by atoms with Gasteiger partial charge in [0.05, 0.1) is 6.61 Å². The number of carbonyl (C=O) groups is 1. The first-order valence-corrected chi connectivity index (χ1v) is 7.76. The van der Waals surface area contributed by atoms with E-state index in [1.807, 2.05) is 25.7 Å². The first kappa shape index (κ1) is 15.6. The minimum atomic E-state index is -0.425. The Bertz CT molecular complexity index is 322. The van der Waals surface area contributed by atoms with Crippen LogP contribution in [0.15, 0.2) is 0 Å². The highest BCUT2D eigenvalue weighted by Crippen LogP contribution is 2.20. The van der Waals surface area contributed by atoms with E-state index in [1.165, 1.54) is 6.42 Å². The number of ether oxygens (including phenoxy) is 2. The molecule has 2 aliphatic heterocycles. The summed E-state index contributed by atoms with van der Waals surface area (Å²) in [7, 11) is 0. The Morgan fingerprint density at radius 3 is 2.80 bits per heavy atom. The van der Waals surface area contributed by atoms with Gasteiger partial charge in [0.2, 0.25) is 0 Å². The normalized spacial score (nSPS) is 27.6. The molecule has 0 spiro atoms. The van der Waals surface area contributed by atoms with Crippen LogP contribution >= 0.6 is 0 Å². The summed E-state index contributed by atoms with van der Waals surface area (Å²) in [6.45, 7) is 9.03. The molecule has 0 aromatic rings. The summed E-state index contributed by atoms with van der Waals surface area (Å²) in [5, 5.41) is 3.52. The second-order valence-corrected chi connectivity index (χ2v) is 6.79. The van der Waals surface area contributed by atoms with Crippen molar-refractivity contribution < 1.29 is 14.3 Å². The van der Waals surface area contributed by atoms with Gasteiger partial charge in [-0.25, -0.2) is 4.79 Å². The third kappa shape index (κ3) is 4.63. The summed E-state index contributed by atoms with van der Waals surface area (Å²) in [5.74, 6) is 0. The lowest BCUT2D eigenvalue weighted by atomic mass is 10.0. The van der Waals surface area contributed by atoms with Gasteiger partial charge >= 0.3 is 6.09 Å². The largest absolute Gasteiger partial charge is 0.444 e. The molecule has 2 atom stereocenters. The van der Waals surface area contributed by atoms with Crippen LogP contribution < -0.4 is 5.32 Å². The van der Waals surface area contributed by atoms with Crippen LogP contribution in [0, 0.1) is 0 Å². The molecule has 2 saturated heterocycles. The minimum absolute atomic E-state index is 0.174. The Morgan fingerprint density at radius 1 is 1.35 bits per heavy atom. The van der Waals surface area contributed by atoms with E-state index in [-0.39, 0.29) is 12.1 Å². The lowest BCUT2D eigenvalue weighted by Crippen LogP contribution is -2.51. The molecule has 5 heteroatoms. The van der Waals surface area contributed by atoms with Gasteiger partial charge in [-0.3, -0.25) is 0 Å². The van der Waals surface area contributed by atoms with Gasteiger partial charge in [-0.05, 0) is 46.5 Å². The third-order valence-corrected chi connectivity index (χ3v) is 3.83. The number of piperidine rings is 1. The Labute approximate surface area is 122 Å². The average Bonchev–Trinajstić information content (AvgIpc) is 2.87. The molecule has 2 fully saturated rings. The number of rotatable bonds is 3. The number of hydrogen-bond acceptors (Lipinski definition) is 4. The van der Waals surface area contributed by atoms with Gasteiger partial charge in [0.25, 0.3) is 0 Å². The fraction of sp³-hybridized carbons (Fsp3) is 0.933. The van der Waals surface area contributed by atoms with Crippen LogP contribution in [-0.4, -0.2) is 55.0 Å². The molecule has 20 heavy (non-hydrogen) atoms. The summed E-state index contributed by atoms with van der Waals surface area (Å²) in [6, 6.07) is 0.691. The molecule has 1 N–H and O–H groups in total. The Morgan fingerprint density at radius 2 is 2.15 bits per heavy atom. The molecule has 0 radical (unpaired) electrons. The molecule has 0 aromatic carbocycles. The van der Waals surface area contributed by atoms with Gasteiger partial charge in [0.1, 0.15) is 5.60 Å². The van der Waals surface area contributed by atoms with E-state index in [0.717, 1.165) is 45.6 Å². The van der Waals surface area contributed by atoms with Crippen LogP contribution in [0.4, 0.5) is 4.79 Å². The molecule has 116 valence electrons. The van der Waals surface area contributed by atoms with Crippen molar-refractivity contribution in [3.63, 3.8) is 0 Å². The fourth-order valence-corrected chi connectivity index (χ4v) is 2.77. The summed E-state index contributed by atoms with van der Waals surface area (Å²) in [4.78, 5) is 14.2. The number of hydrogen-bond donors (Lipinski definition) is 1. The van der Waals surface area contributed by atoms with Crippen molar-refractivity contribution in [2.45, 2.75) is 64.1 Å². The van der Waals surface area contributed by atoms with E-state index >= 15 is 0 Å². The smallest absolute Gasteiger partial charge is 0.410 e. The number of nitrogens with one attached hydrogen (secondary N) is 1. The molecular weight excluding hydrogens is 256 g/mol.